The van der Waals surface area contributed by atoms with Gasteiger partial charge in [-0.15, -0.1) is 11.3 Å². The summed E-state index contributed by atoms with van der Waals surface area (Å²) in [7, 11) is 0. The number of aromatic nitrogens is 2. The number of fused-ring (bicyclic) bond motifs is 1. The molecular weight excluding hydrogens is 270 g/mol. The van der Waals surface area contributed by atoms with Crippen LogP contribution < -0.4 is 5.73 Å². The van der Waals surface area contributed by atoms with Crippen molar-refractivity contribution in [1.82, 2.24) is 19.8 Å². The van der Waals surface area contributed by atoms with Crippen LogP contribution in [0, 0.1) is 0 Å². The van der Waals surface area contributed by atoms with Crippen LogP contribution in [0.4, 0.5) is 5.82 Å². The summed E-state index contributed by atoms with van der Waals surface area (Å²) in [6.07, 6.45) is 2.80. The van der Waals surface area contributed by atoms with Gasteiger partial charge in [-0.1, -0.05) is 0 Å². The van der Waals surface area contributed by atoms with Crippen molar-refractivity contribution < 1.29 is 0 Å². The molecule has 2 aliphatic rings. The normalized spacial score (nSPS) is 21.6. The van der Waals surface area contributed by atoms with Crippen LogP contribution >= 0.6 is 11.3 Å². The van der Waals surface area contributed by atoms with Gasteiger partial charge in [0, 0.05) is 32.2 Å². The minimum absolute atomic E-state index is 0.614. The van der Waals surface area contributed by atoms with E-state index in [1.165, 1.54) is 25.9 Å². The van der Waals surface area contributed by atoms with E-state index in [9.17, 15) is 0 Å². The van der Waals surface area contributed by atoms with Gasteiger partial charge in [-0.2, -0.15) is 0 Å². The summed E-state index contributed by atoms with van der Waals surface area (Å²) in [6, 6.07) is 2.87. The molecule has 5 nitrogen and oxygen atoms in total. The Hall–Kier alpha value is -1.24. The molecule has 2 aromatic rings. The molecule has 1 aliphatic carbocycles. The second-order valence-electron chi connectivity index (χ2n) is 5.71. The summed E-state index contributed by atoms with van der Waals surface area (Å²) in [6.45, 7) is 5.41. The smallest absolute Gasteiger partial charge is 0.146 e. The molecule has 4 rings (SSSR count). The predicted octanol–water partition coefficient (Wildman–Crippen LogP) is 1.55. The highest BCUT2D eigenvalue weighted by molar-refractivity contribution is 7.16. The SMILES string of the molecule is Nc1nc(CN2CCN(C3CC3)CC2)nc2sccc12. The molecule has 1 saturated heterocycles. The Balaban J connectivity index is 1.44. The van der Waals surface area contributed by atoms with Crippen LogP contribution in [-0.4, -0.2) is 52.0 Å². The van der Waals surface area contributed by atoms with Crippen LogP contribution in [-0.2, 0) is 6.54 Å². The van der Waals surface area contributed by atoms with E-state index >= 15 is 0 Å². The number of hydrogen-bond acceptors (Lipinski definition) is 6. The Morgan fingerprint density at radius 1 is 1.20 bits per heavy atom. The zero-order valence-electron chi connectivity index (χ0n) is 11.5. The maximum absolute atomic E-state index is 6.01. The quantitative estimate of drug-likeness (QED) is 0.929. The molecule has 0 aromatic carbocycles. The van der Waals surface area contributed by atoms with Gasteiger partial charge in [0.1, 0.15) is 16.5 Å². The number of thiophene rings is 1. The van der Waals surface area contributed by atoms with E-state index < -0.39 is 0 Å². The molecular formula is C14H19N5S. The average Bonchev–Trinajstić information content (AvgIpc) is 3.18. The molecule has 0 bridgehead atoms. The minimum atomic E-state index is 0.614. The molecule has 0 spiro atoms. The number of piperazine rings is 1. The van der Waals surface area contributed by atoms with Crippen molar-refractivity contribution in [1.29, 1.82) is 0 Å². The molecule has 3 heterocycles. The molecule has 2 aromatic heterocycles. The van der Waals surface area contributed by atoms with Crippen molar-refractivity contribution >= 4 is 27.4 Å². The summed E-state index contributed by atoms with van der Waals surface area (Å²) in [5.41, 5.74) is 6.01. The highest BCUT2D eigenvalue weighted by Gasteiger charge is 2.31. The van der Waals surface area contributed by atoms with E-state index in [1.54, 1.807) is 11.3 Å². The topological polar surface area (TPSA) is 58.3 Å². The third kappa shape index (κ3) is 2.39. The lowest BCUT2D eigenvalue weighted by atomic mass is 10.3. The van der Waals surface area contributed by atoms with Crippen LogP contribution in [0.25, 0.3) is 10.2 Å². The highest BCUT2D eigenvalue weighted by Crippen LogP contribution is 2.28. The summed E-state index contributed by atoms with van der Waals surface area (Å²) >= 11 is 1.63. The van der Waals surface area contributed by atoms with Gasteiger partial charge in [-0.05, 0) is 24.3 Å². The number of nitrogens with two attached hydrogens (primary N) is 1. The van der Waals surface area contributed by atoms with Crippen molar-refractivity contribution in [3.05, 3.63) is 17.3 Å². The first-order valence-electron chi connectivity index (χ1n) is 7.25. The molecule has 0 radical (unpaired) electrons. The Labute approximate surface area is 122 Å². The minimum Gasteiger partial charge on any atom is -0.383 e. The lowest BCUT2D eigenvalue weighted by molar-refractivity contribution is 0.119. The Morgan fingerprint density at radius 3 is 2.75 bits per heavy atom. The zero-order chi connectivity index (χ0) is 13.5. The van der Waals surface area contributed by atoms with Crippen molar-refractivity contribution in [3.63, 3.8) is 0 Å². The largest absolute Gasteiger partial charge is 0.383 e. The zero-order valence-corrected chi connectivity index (χ0v) is 12.3. The number of hydrogen-bond donors (Lipinski definition) is 1. The summed E-state index contributed by atoms with van der Waals surface area (Å²) in [5, 5.41) is 3.01. The van der Waals surface area contributed by atoms with E-state index in [0.717, 1.165) is 41.7 Å². The van der Waals surface area contributed by atoms with Crippen LogP contribution in [0.3, 0.4) is 0 Å². The Kier molecular flexibility index (Phi) is 3.09. The maximum Gasteiger partial charge on any atom is 0.146 e. The molecule has 2 fully saturated rings. The third-order valence-corrected chi connectivity index (χ3v) is 5.04. The fraction of sp³-hybridized carbons (Fsp3) is 0.571. The number of anilines is 1. The van der Waals surface area contributed by atoms with Crippen LogP contribution in [0.5, 0.6) is 0 Å². The van der Waals surface area contributed by atoms with E-state index in [1.807, 2.05) is 11.4 Å². The summed E-state index contributed by atoms with van der Waals surface area (Å²) in [4.78, 5) is 15.1. The molecule has 0 atom stereocenters. The predicted molar refractivity (Wildman–Crippen MR) is 81.7 cm³/mol. The van der Waals surface area contributed by atoms with Gasteiger partial charge in [-0.3, -0.25) is 9.80 Å². The average molecular weight is 289 g/mol. The monoisotopic (exact) mass is 289 g/mol. The van der Waals surface area contributed by atoms with Gasteiger partial charge < -0.3 is 5.73 Å². The van der Waals surface area contributed by atoms with Gasteiger partial charge in [-0.25, -0.2) is 9.97 Å². The van der Waals surface area contributed by atoms with E-state index in [4.69, 9.17) is 5.73 Å². The molecule has 20 heavy (non-hydrogen) atoms. The summed E-state index contributed by atoms with van der Waals surface area (Å²) < 4.78 is 0. The first kappa shape index (κ1) is 12.5. The van der Waals surface area contributed by atoms with Crippen molar-refractivity contribution in [3.8, 4) is 0 Å². The van der Waals surface area contributed by atoms with Gasteiger partial charge in [0.05, 0.1) is 11.9 Å². The van der Waals surface area contributed by atoms with Crippen LogP contribution in [0.1, 0.15) is 18.7 Å². The van der Waals surface area contributed by atoms with Gasteiger partial charge >= 0.3 is 0 Å². The second kappa shape index (κ2) is 4.95. The molecule has 6 heteroatoms. The van der Waals surface area contributed by atoms with E-state index in [-0.39, 0.29) is 0 Å². The fourth-order valence-electron chi connectivity index (χ4n) is 2.92. The van der Waals surface area contributed by atoms with Crippen molar-refractivity contribution in [2.45, 2.75) is 25.4 Å². The van der Waals surface area contributed by atoms with Crippen molar-refractivity contribution in [2.75, 3.05) is 31.9 Å². The van der Waals surface area contributed by atoms with Crippen molar-refractivity contribution in [2.24, 2.45) is 0 Å². The van der Waals surface area contributed by atoms with E-state index in [0.29, 0.717) is 5.82 Å². The second-order valence-corrected chi connectivity index (χ2v) is 6.60. The first-order chi connectivity index (χ1) is 9.79. The molecule has 1 aliphatic heterocycles. The third-order valence-electron chi connectivity index (χ3n) is 4.24. The fourth-order valence-corrected chi connectivity index (χ4v) is 3.71. The molecule has 1 saturated carbocycles. The molecule has 2 N–H and O–H groups in total. The summed E-state index contributed by atoms with van der Waals surface area (Å²) in [5.74, 6) is 1.47. The lowest BCUT2D eigenvalue weighted by Crippen LogP contribution is -2.46. The van der Waals surface area contributed by atoms with Gasteiger partial charge in [0.2, 0.25) is 0 Å². The number of nitrogen functional groups attached to an aromatic ring is 1. The molecule has 106 valence electrons. The molecule has 0 unspecified atom stereocenters. The van der Waals surface area contributed by atoms with Gasteiger partial charge in [0.15, 0.2) is 0 Å². The highest BCUT2D eigenvalue weighted by atomic mass is 32.1. The standard InChI is InChI=1S/C14H19N5S/c15-13-11-3-8-20-14(11)17-12(16-13)9-18-4-6-19(7-5-18)10-1-2-10/h3,8,10H,1-2,4-7,9H2,(H2,15,16,17). The van der Waals surface area contributed by atoms with E-state index in [2.05, 4.69) is 19.8 Å². The Morgan fingerprint density at radius 2 is 2.00 bits per heavy atom. The molecule has 0 amide bonds. The first-order valence-corrected chi connectivity index (χ1v) is 8.13. The lowest BCUT2D eigenvalue weighted by Gasteiger charge is -2.34. The number of rotatable bonds is 3. The van der Waals surface area contributed by atoms with Gasteiger partial charge in [0.25, 0.3) is 0 Å². The Bertz CT molecular complexity index is 613. The van der Waals surface area contributed by atoms with Crippen LogP contribution in [0.15, 0.2) is 11.4 Å². The maximum atomic E-state index is 6.01. The number of nitrogens with zero attached hydrogens (tertiary/aromatic N) is 4. The van der Waals surface area contributed by atoms with Crippen LogP contribution in [0.2, 0.25) is 0 Å².